The standard InChI is InChI=1S/C18H18ClN5O2/c1-18(10-15(25)24(2)17(20)23-18)11-4-3-5-13(8-11)22-16(26)14-9-12(19)6-7-21-14/h3-9H,10H2,1-2H3,(H2,20,23)(H,22,26). The molecule has 2 aromatic rings. The molecule has 7 nitrogen and oxygen atoms in total. The van der Waals surface area contributed by atoms with Crippen LogP contribution in [0.1, 0.15) is 29.4 Å². The third-order valence-electron chi connectivity index (χ3n) is 4.27. The van der Waals surface area contributed by atoms with Crippen LogP contribution in [0.3, 0.4) is 0 Å². The van der Waals surface area contributed by atoms with Crippen molar-refractivity contribution in [3.63, 3.8) is 0 Å². The molecule has 2 heterocycles. The van der Waals surface area contributed by atoms with Crippen molar-refractivity contribution in [2.75, 3.05) is 12.4 Å². The number of halogens is 1. The SMILES string of the molecule is CN1C(=O)CC(C)(c2cccc(NC(=O)c3cc(Cl)ccn3)c2)N=C1N. The Morgan fingerprint density at radius 3 is 2.81 bits per heavy atom. The summed E-state index contributed by atoms with van der Waals surface area (Å²) in [5.41, 5.74) is 6.62. The van der Waals surface area contributed by atoms with Crippen molar-refractivity contribution in [3.05, 3.63) is 58.9 Å². The number of anilines is 1. The summed E-state index contributed by atoms with van der Waals surface area (Å²) in [6.45, 7) is 1.84. The van der Waals surface area contributed by atoms with Crippen LogP contribution in [0.25, 0.3) is 0 Å². The molecule has 2 amide bonds. The molecule has 1 unspecified atom stereocenters. The van der Waals surface area contributed by atoms with Gasteiger partial charge in [-0.1, -0.05) is 23.7 Å². The van der Waals surface area contributed by atoms with E-state index in [2.05, 4.69) is 15.3 Å². The van der Waals surface area contributed by atoms with Gasteiger partial charge in [0.25, 0.3) is 5.91 Å². The lowest BCUT2D eigenvalue weighted by Crippen LogP contribution is -2.47. The summed E-state index contributed by atoms with van der Waals surface area (Å²) >= 11 is 5.89. The van der Waals surface area contributed by atoms with E-state index in [1.54, 1.807) is 31.3 Å². The van der Waals surface area contributed by atoms with Crippen molar-refractivity contribution in [2.24, 2.45) is 10.7 Å². The Kier molecular flexibility index (Phi) is 4.65. The number of nitrogens with zero attached hydrogens (tertiary/aromatic N) is 3. The second-order valence-electron chi connectivity index (χ2n) is 6.27. The number of aromatic nitrogens is 1. The summed E-state index contributed by atoms with van der Waals surface area (Å²) in [7, 11) is 1.59. The van der Waals surface area contributed by atoms with E-state index in [4.69, 9.17) is 17.3 Å². The minimum atomic E-state index is -0.789. The topological polar surface area (TPSA) is 101 Å². The Hall–Kier alpha value is -2.93. The average molecular weight is 372 g/mol. The Balaban J connectivity index is 1.87. The summed E-state index contributed by atoms with van der Waals surface area (Å²) in [5.74, 6) is -0.323. The fourth-order valence-electron chi connectivity index (χ4n) is 2.73. The zero-order chi connectivity index (χ0) is 18.9. The highest BCUT2D eigenvalue weighted by atomic mass is 35.5. The minimum absolute atomic E-state index is 0.113. The molecule has 1 aromatic carbocycles. The van der Waals surface area contributed by atoms with Crippen LogP contribution in [0.2, 0.25) is 5.02 Å². The smallest absolute Gasteiger partial charge is 0.274 e. The first kappa shape index (κ1) is 17.9. The minimum Gasteiger partial charge on any atom is -0.369 e. The lowest BCUT2D eigenvalue weighted by molar-refractivity contribution is -0.128. The van der Waals surface area contributed by atoms with Crippen molar-refractivity contribution in [1.29, 1.82) is 0 Å². The molecule has 0 saturated heterocycles. The Bertz CT molecular complexity index is 914. The van der Waals surface area contributed by atoms with Gasteiger partial charge in [-0.15, -0.1) is 0 Å². The first-order valence-electron chi connectivity index (χ1n) is 7.94. The number of carbonyl (C=O) groups excluding carboxylic acids is 2. The lowest BCUT2D eigenvalue weighted by atomic mass is 9.87. The maximum atomic E-state index is 12.3. The van der Waals surface area contributed by atoms with Gasteiger partial charge in [0.05, 0.1) is 12.0 Å². The zero-order valence-electron chi connectivity index (χ0n) is 14.4. The van der Waals surface area contributed by atoms with Crippen molar-refractivity contribution in [2.45, 2.75) is 18.9 Å². The summed E-state index contributed by atoms with van der Waals surface area (Å²) in [6.07, 6.45) is 1.66. The van der Waals surface area contributed by atoms with Crippen molar-refractivity contribution < 1.29 is 9.59 Å². The van der Waals surface area contributed by atoms with Gasteiger partial charge in [0.2, 0.25) is 5.91 Å². The van der Waals surface area contributed by atoms with Crippen molar-refractivity contribution >= 4 is 35.1 Å². The number of nitrogens with two attached hydrogens (primary N) is 1. The van der Waals surface area contributed by atoms with Gasteiger partial charge >= 0.3 is 0 Å². The Morgan fingerprint density at radius 1 is 1.35 bits per heavy atom. The Labute approximate surface area is 155 Å². The molecular formula is C18H18ClN5O2. The highest BCUT2D eigenvalue weighted by Gasteiger charge is 2.36. The molecule has 3 N–H and O–H groups in total. The van der Waals surface area contributed by atoms with E-state index in [0.717, 1.165) is 5.56 Å². The maximum Gasteiger partial charge on any atom is 0.274 e. The largest absolute Gasteiger partial charge is 0.369 e. The predicted molar refractivity (Wildman–Crippen MR) is 100 cm³/mol. The molecule has 8 heteroatoms. The number of benzene rings is 1. The van der Waals surface area contributed by atoms with Crippen molar-refractivity contribution in [3.8, 4) is 0 Å². The second kappa shape index (κ2) is 6.76. The molecule has 0 saturated carbocycles. The summed E-state index contributed by atoms with van der Waals surface area (Å²) < 4.78 is 0. The third-order valence-corrected chi connectivity index (χ3v) is 4.51. The number of guanidine groups is 1. The quantitative estimate of drug-likeness (QED) is 0.864. The first-order valence-corrected chi connectivity index (χ1v) is 8.32. The van der Waals surface area contributed by atoms with E-state index in [1.165, 1.54) is 17.2 Å². The monoisotopic (exact) mass is 371 g/mol. The summed E-state index contributed by atoms with van der Waals surface area (Å²) in [5, 5.41) is 3.21. The maximum absolute atomic E-state index is 12.3. The third kappa shape index (κ3) is 3.52. The molecule has 1 aromatic heterocycles. The van der Waals surface area contributed by atoms with Crippen LogP contribution in [0.15, 0.2) is 47.6 Å². The van der Waals surface area contributed by atoms with E-state index in [-0.39, 0.29) is 29.9 Å². The Morgan fingerprint density at radius 2 is 2.12 bits per heavy atom. The van der Waals surface area contributed by atoms with Gasteiger partial charge in [-0.25, -0.2) is 4.99 Å². The number of carbonyl (C=O) groups is 2. The molecule has 1 aliphatic heterocycles. The van der Waals surface area contributed by atoms with Crippen LogP contribution in [0, 0.1) is 0 Å². The summed E-state index contributed by atoms with van der Waals surface area (Å²) in [6, 6.07) is 10.2. The fraction of sp³-hybridized carbons (Fsp3) is 0.222. The van der Waals surface area contributed by atoms with Gasteiger partial charge in [-0.3, -0.25) is 19.5 Å². The highest BCUT2D eigenvalue weighted by Crippen LogP contribution is 2.34. The van der Waals surface area contributed by atoms with Gasteiger partial charge in [-0.2, -0.15) is 0 Å². The van der Waals surface area contributed by atoms with E-state index in [1.807, 2.05) is 13.0 Å². The lowest BCUT2D eigenvalue weighted by Gasteiger charge is -2.33. The average Bonchev–Trinajstić information content (AvgIpc) is 2.60. The predicted octanol–water partition coefficient (Wildman–Crippen LogP) is 2.38. The number of rotatable bonds is 3. The molecule has 1 atom stereocenters. The number of hydrogen-bond donors (Lipinski definition) is 2. The number of amides is 2. The molecule has 1 aliphatic rings. The molecule has 134 valence electrons. The van der Waals surface area contributed by atoms with E-state index >= 15 is 0 Å². The van der Waals surface area contributed by atoms with Crippen LogP contribution in [-0.4, -0.2) is 34.7 Å². The van der Waals surface area contributed by atoms with Gasteiger partial charge in [0.15, 0.2) is 5.96 Å². The molecule has 0 spiro atoms. The number of hydrogen-bond acceptors (Lipinski definition) is 5. The van der Waals surface area contributed by atoms with Crippen LogP contribution in [0.5, 0.6) is 0 Å². The zero-order valence-corrected chi connectivity index (χ0v) is 15.1. The first-order chi connectivity index (χ1) is 12.3. The summed E-state index contributed by atoms with van der Waals surface area (Å²) in [4.78, 5) is 34.3. The second-order valence-corrected chi connectivity index (χ2v) is 6.70. The van der Waals surface area contributed by atoms with E-state index in [0.29, 0.717) is 10.7 Å². The van der Waals surface area contributed by atoms with E-state index in [9.17, 15) is 9.59 Å². The number of pyridine rings is 1. The molecule has 0 fully saturated rings. The van der Waals surface area contributed by atoms with Crippen molar-refractivity contribution in [1.82, 2.24) is 9.88 Å². The fourth-order valence-corrected chi connectivity index (χ4v) is 2.89. The molecule has 0 bridgehead atoms. The number of nitrogens with one attached hydrogen (secondary N) is 1. The normalized spacial score (nSPS) is 19.9. The van der Waals surface area contributed by atoms with Gasteiger partial charge in [0, 0.05) is 24.0 Å². The molecule has 0 aliphatic carbocycles. The molecule has 3 rings (SSSR count). The van der Waals surface area contributed by atoms with Crippen LogP contribution in [-0.2, 0) is 10.3 Å². The number of aliphatic imine (C=N–C) groups is 1. The molecular weight excluding hydrogens is 354 g/mol. The van der Waals surface area contributed by atoms with Crippen LogP contribution < -0.4 is 11.1 Å². The van der Waals surface area contributed by atoms with Gasteiger partial charge < -0.3 is 11.1 Å². The highest BCUT2D eigenvalue weighted by molar-refractivity contribution is 6.30. The van der Waals surface area contributed by atoms with E-state index < -0.39 is 5.54 Å². The van der Waals surface area contributed by atoms with Crippen LogP contribution in [0.4, 0.5) is 5.69 Å². The molecule has 0 radical (unpaired) electrons. The van der Waals surface area contributed by atoms with Crippen LogP contribution >= 0.6 is 11.6 Å². The van der Waals surface area contributed by atoms with Gasteiger partial charge in [0.1, 0.15) is 5.69 Å². The molecule has 26 heavy (non-hydrogen) atoms. The van der Waals surface area contributed by atoms with Gasteiger partial charge in [-0.05, 0) is 36.8 Å².